The van der Waals surface area contributed by atoms with E-state index in [1.807, 2.05) is 30.3 Å². The molecule has 0 aliphatic carbocycles. The predicted octanol–water partition coefficient (Wildman–Crippen LogP) is 4.42. The summed E-state index contributed by atoms with van der Waals surface area (Å²) in [5.74, 6) is -1.97. The number of phenols is 1. The zero-order valence-electron chi connectivity index (χ0n) is 16.3. The van der Waals surface area contributed by atoms with Gasteiger partial charge in [0.2, 0.25) is 0 Å². The van der Waals surface area contributed by atoms with Crippen molar-refractivity contribution >= 4 is 47.1 Å². The summed E-state index contributed by atoms with van der Waals surface area (Å²) in [4.78, 5) is 28.6. The van der Waals surface area contributed by atoms with E-state index >= 15 is 0 Å². The van der Waals surface area contributed by atoms with Crippen LogP contribution in [0.3, 0.4) is 0 Å². The van der Waals surface area contributed by atoms with Crippen LogP contribution >= 0.6 is 0 Å². The standard InChI is InChI=1S/C25H18N2O4.Na.H/c28-23-9-7-18(17-10-12-26-13-11-17)14-21(23)24(29)27-22-15-19(6-8-20(22)25(30)31)16-4-2-1-3-5-16;;/h1-15,28H,(H,27,29)(H,30,31);;. The average Bonchev–Trinajstić information content (AvgIpc) is 2.80. The molecule has 0 saturated heterocycles. The van der Waals surface area contributed by atoms with E-state index in [-0.39, 0.29) is 52.1 Å². The van der Waals surface area contributed by atoms with Gasteiger partial charge in [-0.2, -0.15) is 0 Å². The van der Waals surface area contributed by atoms with Gasteiger partial charge in [-0.3, -0.25) is 9.78 Å². The fourth-order valence-electron chi connectivity index (χ4n) is 3.28. The molecule has 1 amide bonds. The number of carboxylic acid groups (broad SMARTS) is 1. The zero-order valence-corrected chi connectivity index (χ0v) is 16.3. The first-order valence-electron chi connectivity index (χ1n) is 9.50. The Bertz CT molecular complexity index is 1260. The molecular weight excluding hydrogens is 415 g/mol. The number of aromatic carboxylic acids is 1. The molecule has 6 nitrogen and oxygen atoms in total. The number of nitrogens with one attached hydrogen (secondary N) is 1. The van der Waals surface area contributed by atoms with Crippen LogP contribution in [0.4, 0.5) is 5.69 Å². The second-order valence-corrected chi connectivity index (χ2v) is 6.85. The molecule has 0 aliphatic rings. The number of phenolic OH excluding ortho intramolecular Hbond substituents is 1. The van der Waals surface area contributed by atoms with Crippen LogP contribution < -0.4 is 5.32 Å². The van der Waals surface area contributed by atoms with Crippen molar-refractivity contribution in [1.29, 1.82) is 0 Å². The summed E-state index contributed by atoms with van der Waals surface area (Å²) >= 11 is 0. The molecule has 3 N–H and O–H groups in total. The summed E-state index contributed by atoms with van der Waals surface area (Å²) in [6.45, 7) is 0. The van der Waals surface area contributed by atoms with E-state index in [0.717, 1.165) is 22.3 Å². The number of benzene rings is 3. The molecule has 0 bridgehead atoms. The van der Waals surface area contributed by atoms with Crippen molar-refractivity contribution in [2.45, 2.75) is 0 Å². The molecule has 0 fully saturated rings. The van der Waals surface area contributed by atoms with Gasteiger partial charge in [0.25, 0.3) is 5.91 Å². The summed E-state index contributed by atoms with van der Waals surface area (Å²) in [7, 11) is 0. The van der Waals surface area contributed by atoms with Crippen LogP contribution in [0.1, 0.15) is 20.7 Å². The minimum absolute atomic E-state index is 0. The second kappa shape index (κ2) is 10.2. The molecule has 1 heterocycles. The Hall–Kier alpha value is -3.45. The van der Waals surface area contributed by atoms with Gasteiger partial charge in [0.1, 0.15) is 5.75 Å². The van der Waals surface area contributed by atoms with Crippen LogP contribution in [0.5, 0.6) is 5.75 Å². The molecule has 154 valence electrons. The van der Waals surface area contributed by atoms with E-state index in [9.17, 15) is 19.8 Å². The van der Waals surface area contributed by atoms with Gasteiger partial charge in [0.05, 0.1) is 16.8 Å². The maximum absolute atomic E-state index is 13.0. The first-order valence-corrected chi connectivity index (χ1v) is 9.50. The number of hydrogen-bond acceptors (Lipinski definition) is 4. The molecule has 0 saturated carbocycles. The topological polar surface area (TPSA) is 99.5 Å². The Kier molecular flexibility index (Phi) is 7.43. The summed E-state index contributed by atoms with van der Waals surface area (Å²) in [6, 6.07) is 22.4. The third-order valence-electron chi connectivity index (χ3n) is 4.86. The Morgan fingerprint density at radius 2 is 1.34 bits per heavy atom. The van der Waals surface area contributed by atoms with E-state index in [1.54, 1.807) is 48.8 Å². The molecular formula is C25H19N2NaO4. The molecule has 0 unspecified atom stereocenters. The third kappa shape index (κ3) is 5.06. The summed E-state index contributed by atoms with van der Waals surface area (Å²) in [5, 5.41) is 22.4. The Balaban J connectivity index is 0.00000289. The number of aromatic hydroxyl groups is 1. The van der Waals surface area contributed by atoms with Crippen LogP contribution in [0.2, 0.25) is 0 Å². The van der Waals surface area contributed by atoms with Crippen molar-refractivity contribution in [1.82, 2.24) is 4.98 Å². The summed E-state index contributed by atoms with van der Waals surface area (Å²) < 4.78 is 0. The van der Waals surface area contributed by atoms with Gasteiger partial charge in [-0.1, -0.05) is 42.5 Å². The van der Waals surface area contributed by atoms with E-state index in [2.05, 4.69) is 10.3 Å². The van der Waals surface area contributed by atoms with Gasteiger partial charge in [-0.05, 0) is 58.7 Å². The number of anilines is 1. The van der Waals surface area contributed by atoms with Crippen molar-refractivity contribution in [3.63, 3.8) is 0 Å². The summed E-state index contributed by atoms with van der Waals surface area (Å²) in [6.07, 6.45) is 3.27. The number of rotatable bonds is 5. The van der Waals surface area contributed by atoms with Crippen molar-refractivity contribution in [3.8, 4) is 28.0 Å². The van der Waals surface area contributed by atoms with Crippen molar-refractivity contribution < 1.29 is 19.8 Å². The average molecular weight is 434 g/mol. The van der Waals surface area contributed by atoms with Crippen molar-refractivity contribution in [2.75, 3.05) is 5.32 Å². The first-order chi connectivity index (χ1) is 15.0. The molecule has 1 aromatic heterocycles. The molecule has 0 radical (unpaired) electrons. The number of amides is 1. The monoisotopic (exact) mass is 434 g/mol. The van der Waals surface area contributed by atoms with Crippen molar-refractivity contribution in [2.24, 2.45) is 0 Å². The number of carboxylic acids is 1. The van der Waals surface area contributed by atoms with Crippen LogP contribution in [-0.2, 0) is 0 Å². The Labute approximate surface area is 206 Å². The second-order valence-electron chi connectivity index (χ2n) is 6.85. The van der Waals surface area contributed by atoms with E-state index in [1.165, 1.54) is 12.1 Å². The first kappa shape index (κ1) is 23.2. The fourth-order valence-corrected chi connectivity index (χ4v) is 3.28. The van der Waals surface area contributed by atoms with Crippen LogP contribution in [0.15, 0.2) is 91.3 Å². The van der Waals surface area contributed by atoms with Gasteiger partial charge >= 0.3 is 35.5 Å². The molecule has 3 aromatic carbocycles. The van der Waals surface area contributed by atoms with Gasteiger partial charge in [0.15, 0.2) is 0 Å². The zero-order chi connectivity index (χ0) is 21.8. The fraction of sp³-hybridized carbons (Fsp3) is 0. The van der Waals surface area contributed by atoms with Crippen LogP contribution in [0.25, 0.3) is 22.3 Å². The number of nitrogens with zero attached hydrogens (tertiary/aromatic N) is 1. The molecule has 4 aromatic rings. The maximum atomic E-state index is 13.0. The molecule has 7 heteroatoms. The van der Waals surface area contributed by atoms with Crippen LogP contribution in [-0.4, -0.2) is 56.6 Å². The van der Waals surface area contributed by atoms with Gasteiger partial charge in [-0.15, -0.1) is 0 Å². The number of pyridine rings is 1. The molecule has 0 aliphatic heterocycles. The normalized spacial score (nSPS) is 10.1. The summed E-state index contributed by atoms with van der Waals surface area (Å²) in [5.41, 5.74) is 3.34. The Morgan fingerprint density at radius 1 is 0.719 bits per heavy atom. The predicted molar refractivity (Wildman–Crippen MR) is 125 cm³/mol. The number of carbonyl (C=O) groups excluding carboxylic acids is 1. The van der Waals surface area contributed by atoms with Gasteiger partial charge in [0, 0.05) is 12.4 Å². The van der Waals surface area contributed by atoms with Crippen LogP contribution in [0, 0.1) is 0 Å². The Morgan fingerprint density at radius 3 is 2.03 bits per heavy atom. The van der Waals surface area contributed by atoms with E-state index in [0.29, 0.717) is 0 Å². The molecule has 0 spiro atoms. The molecule has 0 atom stereocenters. The SMILES string of the molecule is O=C(Nc1cc(-c2ccccc2)ccc1C(=O)O)c1cc(-c2ccncc2)ccc1O.[NaH]. The number of hydrogen-bond donors (Lipinski definition) is 3. The van der Waals surface area contributed by atoms with E-state index in [4.69, 9.17) is 0 Å². The van der Waals surface area contributed by atoms with Gasteiger partial charge < -0.3 is 15.5 Å². The van der Waals surface area contributed by atoms with Crippen molar-refractivity contribution in [3.05, 3.63) is 102 Å². The number of carbonyl (C=O) groups is 2. The minimum atomic E-state index is -1.16. The number of aromatic nitrogens is 1. The quantitative estimate of drug-likeness (QED) is 0.404. The molecule has 4 rings (SSSR count). The molecule has 32 heavy (non-hydrogen) atoms. The third-order valence-corrected chi connectivity index (χ3v) is 4.86. The van der Waals surface area contributed by atoms with E-state index < -0.39 is 11.9 Å². The van der Waals surface area contributed by atoms with Gasteiger partial charge in [-0.25, -0.2) is 4.79 Å².